The van der Waals surface area contributed by atoms with E-state index in [1.54, 1.807) is 32.2 Å². The van der Waals surface area contributed by atoms with E-state index in [1.165, 1.54) is 7.11 Å². The van der Waals surface area contributed by atoms with Crippen LogP contribution in [0.5, 0.6) is 11.5 Å². The van der Waals surface area contributed by atoms with E-state index in [-0.39, 0.29) is 11.5 Å². The molecular weight excluding hydrogens is 220 g/mol. The van der Waals surface area contributed by atoms with Gasteiger partial charge in [-0.05, 0) is 17.7 Å². The topological polar surface area (TPSA) is 55.8 Å². The molecule has 0 saturated carbocycles. The van der Waals surface area contributed by atoms with Crippen LogP contribution in [0.3, 0.4) is 0 Å². The van der Waals surface area contributed by atoms with Gasteiger partial charge in [0.25, 0.3) is 0 Å². The van der Waals surface area contributed by atoms with Gasteiger partial charge in [-0.25, -0.2) is 4.79 Å². The minimum Gasteiger partial charge on any atom is -0.493 e. The quantitative estimate of drug-likeness (QED) is 0.798. The summed E-state index contributed by atoms with van der Waals surface area (Å²) in [7, 11) is 3.09. The van der Waals surface area contributed by atoms with Gasteiger partial charge in [-0.1, -0.05) is 19.6 Å². The summed E-state index contributed by atoms with van der Waals surface area (Å²) >= 11 is 0. The van der Waals surface area contributed by atoms with Crippen LogP contribution in [-0.4, -0.2) is 25.3 Å². The second-order valence-electron chi connectivity index (χ2n) is 3.67. The smallest absolute Gasteiger partial charge is 0.331 e. The second-order valence-corrected chi connectivity index (χ2v) is 3.67. The summed E-state index contributed by atoms with van der Waals surface area (Å²) in [4.78, 5) is 10.8. The number of benzene rings is 1. The zero-order chi connectivity index (χ0) is 13.0. The lowest BCUT2D eigenvalue weighted by molar-refractivity contribution is -0.132. The van der Waals surface area contributed by atoms with Crippen molar-refractivity contribution in [3.05, 3.63) is 35.9 Å². The zero-order valence-electron chi connectivity index (χ0n) is 10.2. The molecule has 17 heavy (non-hydrogen) atoms. The van der Waals surface area contributed by atoms with Gasteiger partial charge in [-0.2, -0.15) is 0 Å². The maximum absolute atomic E-state index is 10.8. The van der Waals surface area contributed by atoms with E-state index < -0.39 is 5.97 Å². The van der Waals surface area contributed by atoms with Crippen LogP contribution in [0.2, 0.25) is 0 Å². The SMILES string of the molecule is C=C(C(=O)O)[C@@H](C)c1ccc(OC)c(OC)c1. The van der Waals surface area contributed by atoms with Crippen LogP contribution >= 0.6 is 0 Å². The molecule has 4 nitrogen and oxygen atoms in total. The summed E-state index contributed by atoms with van der Waals surface area (Å²) in [5.41, 5.74) is 0.979. The van der Waals surface area contributed by atoms with Crippen molar-refractivity contribution in [3.63, 3.8) is 0 Å². The molecule has 0 aliphatic carbocycles. The van der Waals surface area contributed by atoms with Gasteiger partial charge >= 0.3 is 5.97 Å². The molecule has 0 aliphatic heterocycles. The number of carbonyl (C=O) groups is 1. The van der Waals surface area contributed by atoms with Crippen molar-refractivity contribution in [1.82, 2.24) is 0 Å². The monoisotopic (exact) mass is 236 g/mol. The van der Waals surface area contributed by atoms with Crippen molar-refractivity contribution in [3.8, 4) is 11.5 Å². The Hall–Kier alpha value is -1.97. The first kappa shape index (κ1) is 13.1. The Labute approximate surface area is 100 Å². The Morgan fingerprint density at radius 2 is 1.88 bits per heavy atom. The average molecular weight is 236 g/mol. The molecule has 0 spiro atoms. The Morgan fingerprint density at radius 3 is 2.35 bits per heavy atom. The Bertz CT molecular complexity index is 437. The van der Waals surface area contributed by atoms with E-state index in [0.717, 1.165) is 5.56 Å². The molecular formula is C13H16O4. The number of carboxylic acids is 1. The fourth-order valence-electron chi connectivity index (χ4n) is 1.51. The van der Waals surface area contributed by atoms with E-state index in [9.17, 15) is 4.79 Å². The maximum atomic E-state index is 10.8. The van der Waals surface area contributed by atoms with E-state index in [2.05, 4.69) is 6.58 Å². The fourth-order valence-corrected chi connectivity index (χ4v) is 1.51. The van der Waals surface area contributed by atoms with E-state index in [4.69, 9.17) is 14.6 Å². The summed E-state index contributed by atoms with van der Waals surface area (Å²) < 4.78 is 10.3. The molecule has 4 heteroatoms. The van der Waals surface area contributed by atoms with Gasteiger partial charge in [0.2, 0.25) is 0 Å². The highest BCUT2D eigenvalue weighted by Crippen LogP contribution is 2.32. The molecule has 0 unspecified atom stereocenters. The highest BCUT2D eigenvalue weighted by atomic mass is 16.5. The average Bonchev–Trinajstić information content (AvgIpc) is 2.35. The zero-order valence-corrected chi connectivity index (χ0v) is 10.2. The first-order chi connectivity index (χ1) is 8.01. The number of hydrogen-bond donors (Lipinski definition) is 1. The molecule has 92 valence electrons. The molecule has 0 fully saturated rings. The first-order valence-electron chi connectivity index (χ1n) is 5.15. The third-order valence-corrected chi connectivity index (χ3v) is 2.70. The fraction of sp³-hybridized carbons (Fsp3) is 0.308. The number of hydrogen-bond acceptors (Lipinski definition) is 3. The van der Waals surface area contributed by atoms with Crippen LogP contribution in [0.4, 0.5) is 0 Å². The van der Waals surface area contributed by atoms with Gasteiger partial charge in [0, 0.05) is 11.5 Å². The molecule has 0 radical (unpaired) electrons. The number of carboxylic acid groups (broad SMARTS) is 1. The lowest BCUT2D eigenvalue weighted by Gasteiger charge is -2.14. The van der Waals surface area contributed by atoms with Crippen molar-refractivity contribution in [2.75, 3.05) is 14.2 Å². The molecule has 1 rings (SSSR count). The largest absolute Gasteiger partial charge is 0.493 e. The third kappa shape index (κ3) is 2.78. The molecule has 0 heterocycles. The standard InChI is InChI=1S/C13H16O4/c1-8(9(2)13(14)15)10-5-6-11(16-3)12(7-10)17-4/h5-8H,2H2,1,3-4H3,(H,14,15)/t8-/m1/s1. The summed E-state index contributed by atoms with van der Waals surface area (Å²) in [5, 5.41) is 8.89. The first-order valence-corrected chi connectivity index (χ1v) is 5.15. The van der Waals surface area contributed by atoms with E-state index >= 15 is 0 Å². The summed E-state index contributed by atoms with van der Waals surface area (Å²) in [6.07, 6.45) is 0. The van der Waals surface area contributed by atoms with Crippen molar-refractivity contribution in [2.24, 2.45) is 0 Å². The number of rotatable bonds is 5. The summed E-state index contributed by atoms with van der Waals surface area (Å²) in [6, 6.07) is 5.32. The predicted molar refractivity (Wildman–Crippen MR) is 64.7 cm³/mol. The Kier molecular flexibility index (Phi) is 4.15. The molecule has 0 saturated heterocycles. The second kappa shape index (κ2) is 5.39. The molecule has 1 N–H and O–H groups in total. The third-order valence-electron chi connectivity index (χ3n) is 2.70. The Balaban J connectivity index is 3.07. The van der Waals surface area contributed by atoms with Gasteiger partial charge in [0.1, 0.15) is 0 Å². The van der Waals surface area contributed by atoms with Crippen molar-refractivity contribution in [2.45, 2.75) is 12.8 Å². The Morgan fingerprint density at radius 1 is 1.29 bits per heavy atom. The van der Waals surface area contributed by atoms with Crippen molar-refractivity contribution in [1.29, 1.82) is 0 Å². The van der Waals surface area contributed by atoms with Gasteiger partial charge in [0.15, 0.2) is 11.5 Å². The van der Waals surface area contributed by atoms with Crippen LogP contribution in [0.1, 0.15) is 18.4 Å². The summed E-state index contributed by atoms with van der Waals surface area (Å²) in [6.45, 7) is 5.35. The van der Waals surface area contributed by atoms with Crippen molar-refractivity contribution < 1.29 is 19.4 Å². The molecule has 1 aromatic rings. The maximum Gasteiger partial charge on any atom is 0.331 e. The summed E-state index contributed by atoms with van der Waals surface area (Å²) in [5.74, 6) is -0.0704. The minimum absolute atomic E-state index is 0.150. The number of methoxy groups -OCH3 is 2. The van der Waals surface area contributed by atoms with Gasteiger partial charge in [0.05, 0.1) is 14.2 Å². The van der Waals surface area contributed by atoms with Crippen LogP contribution in [0, 0.1) is 0 Å². The molecule has 1 aromatic carbocycles. The van der Waals surface area contributed by atoms with Gasteiger partial charge in [-0.15, -0.1) is 0 Å². The van der Waals surface area contributed by atoms with Crippen LogP contribution in [0.25, 0.3) is 0 Å². The highest BCUT2D eigenvalue weighted by molar-refractivity contribution is 5.87. The van der Waals surface area contributed by atoms with Crippen LogP contribution in [-0.2, 0) is 4.79 Å². The lowest BCUT2D eigenvalue weighted by atomic mass is 9.94. The normalized spacial score (nSPS) is 11.7. The number of ether oxygens (including phenoxy) is 2. The van der Waals surface area contributed by atoms with Crippen LogP contribution in [0.15, 0.2) is 30.4 Å². The number of aliphatic carboxylic acids is 1. The van der Waals surface area contributed by atoms with Gasteiger partial charge < -0.3 is 14.6 Å². The molecule has 1 atom stereocenters. The molecule has 0 amide bonds. The van der Waals surface area contributed by atoms with E-state index in [0.29, 0.717) is 11.5 Å². The van der Waals surface area contributed by atoms with E-state index in [1.807, 2.05) is 0 Å². The van der Waals surface area contributed by atoms with Crippen LogP contribution < -0.4 is 9.47 Å². The predicted octanol–water partition coefficient (Wildman–Crippen LogP) is 2.45. The molecule has 0 bridgehead atoms. The molecule has 0 aromatic heterocycles. The van der Waals surface area contributed by atoms with Crippen molar-refractivity contribution >= 4 is 5.97 Å². The molecule has 0 aliphatic rings. The lowest BCUT2D eigenvalue weighted by Crippen LogP contribution is -2.07. The van der Waals surface area contributed by atoms with Gasteiger partial charge in [-0.3, -0.25) is 0 Å². The minimum atomic E-state index is -0.993. The highest BCUT2D eigenvalue weighted by Gasteiger charge is 2.17.